The first kappa shape index (κ1) is 25.5. The van der Waals surface area contributed by atoms with E-state index in [0.29, 0.717) is 33.6 Å². The van der Waals surface area contributed by atoms with Crippen LogP contribution in [0.1, 0.15) is 22.3 Å². The number of nitrogen functional groups attached to an aromatic ring is 2. The van der Waals surface area contributed by atoms with Gasteiger partial charge in [0.15, 0.2) is 0 Å². The van der Waals surface area contributed by atoms with Crippen molar-refractivity contribution in [2.24, 2.45) is 21.5 Å². The van der Waals surface area contributed by atoms with Crippen LogP contribution < -0.4 is 20.9 Å². The number of amidine groups is 2. The van der Waals surface area contributed by atoms with Gasteiger partial charge >= 0.3 is 6.16 Å². The molecular weight excluding hydrogens is 480 g/mol. The van der Waals surface area contributed by atoms with Crippen molar-refractivity contribution in [1.82, 2.24) is 0 Å². The molecule has 0 aliphatic heterocycles. The highest BCUT2D eigenvalue weighted by atomic mass is 16.7. The van der Waals surface area contributed by atoms with Gasteiger partial charge in [0, 0.05) is 34.7 Å². The predicted octanol–water partition coefficient (Wildman–Crippen LogP) is 5.33. The van der Waals surface area contributed by atoms with E-state index in [4.69, 9.17) is 31.8 Å². The number of nitrogens with two attached hydrogens (primary N) is 2. The van der Waals surface area contributed by atoms with Crippen molar-refractivity contribution in [3.63, 3.8) is 0 Å². The van der Waals surface area contributed by atoms with Gasteiger partial charge in [0.05, 0.1) is 11.4 Å². The summed E-state index contributed by atoms with van der Waals surface area (Å²) in [5, 5.41) is 15.5. The van der Waals surface area contributed by atoms with Crippen molar-refractivity contribution in [3.8, 4) is 11.5 Å². The molecule has 0 fully saturated rings. The molecule has 0 unspecified atom stereocenters. The van der Waals surface area contributed by atoms with Crippen LogP contribution in [0.2, 0.25) is 0 Å². The second-order valence-electron chi connectivity index (χ2n) is 7.97. The molecule has 0 bridgehead atoms. The van der Waals surface area contributed by atoms with Gasteiger partial charge in [-0.25, -0.2) is 4.79 Å². The number of aliphatic imine (C=N–C) groups is 2. The molecule has 4 aromatic rings. The molecule has 0 atom stereocenters. The van der Waals surface area contributed by atoms with Crippen molar-refractivity contribution < 1.29 is 14.3 Å². The molecule has 0 aliphatic carbocycles. The Balaban J connectivity index is 1.59. The molecule has 0 amide bonds. The molecule has 0 radical (unpaired) electrons. The minimum absolute atomic E-state index is 0.138. The molecule has 9 heteroatoms. The van der Waals surface area contributed by atoms with E-state index in [2.05, 4.69) is 9.98 Å². The maximum absolute atomic E-state index is 12.8. The van der Waals surface area contributed by atoms with E-state index in [1.807, 2.05) is 60.7 Å². The number of para-hydroxylation sites is 2. The molecule has 0 aromatic heterocycles. The summed E-state index contributed by atoms with van der Waals surface area (Å²) < 4.78 is 11.0. The smallest absolute Gasteiger partial charge is 0.394 e. The monoisotopic (exact) mass is 504 g/mol. The van der Waals surface area contributed by atoms with E-state index in [0.717, 1.165) is 0 Å². The molecule has 0 saturated carbocycles. The number of ether oxygens (including phenoxy) is 2. The fraction of sp³-hybridized carbons (Fsp3) is 0. The minimum Gasteiger partial charge on any atom is -0.394 e. The fourth-order valence-corrected chi connectivity index (χ4v) is 3.34. The number of benzene rings is 4. The topological polar surface area (TPSA) is 160 Å². The number of carbonyl (C=O) groups is 1. The van der Waals surface area contributed by atoms with Crippen molar-refractivity contribution in [2.45, 2.75) is 0 Å². The van der Waals surface area contributed by atoms with Gasteiger partial charge in [-0.3, -0.25) is 20.8 Å². The highest BCUT2D eigenvalue weighted by Gasteiger charge is 2.15. The van der Waals surface area contributed by atoms with E-state index in [1.165, 1.54) is 24.6 Å². The normalized spacial score (nSPS) is 10.9. The maximum atomic E-state index is 12.8. The molecule has 4 aromatic carbocycles. The van der Waals surface area contributed by atoms with Crippen LogP contribution in [0.4, 0.5) is 16.2 Å². The van der Waals surface area contributed by atoms with Crippen molar-refractivity contribution in [1.29, 1.82) is 10.8 Å². The molecule has 0 saturated heterocycles. The lowest BCUT2D eigenvalue weighted by Gasteiger charge is -2.11. The zero-order valence-electron chi connectivity index (χ0n) is 20.2. The van der Waals surface area contributed by atoms with E-state index < -0.39 is 6.16 Å². The van der Waals surface area contributed by atoms with Gasteiger partial charge in [0.25, 0.3) is 0 Å². The molecular formula is C29H24N6O3. The first-order valence-corrected chi connectivity index (χ1v) is 11.4. The van der Waals surface area contributed by atoms with E-state index >= 15 is 0 Å². The average Bonchev–Trinajstić information content (AvgIpc) is 2.92. The Bertz CT molecular complexity index is 1420. The Morgan fingerprint density at radius 3 is 1.39 bits per heavy atom. The summed E-state index contributed by atoms with van der Waals surface area (Å²) in [5.74, 6) is 0.0573. The number of carbonyl (C=O) groups excluding carboxylic acids is 1. The van der Waals surface area contributed by atoms with Gasteiger partial charge < -0.3 is 20.9 Å². The zero-order valence-corrected chi connectivity index (χ0v) is 20.2. The summed E-state index contributed by atoms with van der Waals surface area (Å²) in [7, 11) is 0. The Morgan fingerprint density at radius 1 is 0.632 bits per heavy atom. The van der Waals surface area contributed by atoms with E-state index in [9.17, 15) is 4.79 Å². The fourth-order valence-electron chi connectivity index (χ4n) is 3.34. The van der Waals surface area contributed by atoms with Gasteiger partial charge in [-0.15, -0.1) is 0 Å². The first-order chi connectivity index (χ1) is 18.4. The van der Waals surface area contributed by atoms with Crippen LogP contribution in [-0.2, 0) is 0 Å². The summed E-state index contributed by atoms with van der Waals surface area (Å²) >= 11 is 0. The van der Waals surface area contributed by atoms with Gasteiger partial charge in [-0.05, 0) is 60.7 Å². The van der Waals surface area contributed by atoms with Gasteiger partial charge in [-0.2, -0.15) is 0 Å². The first-order valence-electron chi connectivity index (χ1n) is 11.4. The summed E-state index contributed by atoms with van der Waals surface area (Å²) in [6.07, 6.45) is 2.04. The molecule has 0 aliphatic rings. The Hall–Kier alpha value is -5.57. The highest BCUT2D eigenvalue weighted by Crippen LogP contribution is 2.24. The average molecular weight is 505 g/mol. The largest absolute Gasteiger partial charge is 0.519 e. The third-order valence-electron chi connectivity index (χ3n) is 5.25. The number of hydrogen-bond donors (Lipinski definition) is 4. The van der Waals surface area contributed by atoms with Crippen LogP contribution >= 0.6 is 0 Å². The van der Waals surface area contributed by atoms with Crippen LogP contribution in [0, 0.1) is 10.8 Å². The van der Waals surface area contributed by atoms with Gasteiger partial charge in [0.2, 0.25) is 0 Å². The second kappa shape index (κ2) is 11.9. The van der Waals surface area contributed by atoms with E-state index in [1.54, 1.807) is 24.3 Å². The number of nitrogens with zero attached hydrogens (tertiary/aromatic N) is 2. The second-order valence-corrected chi connectivity index (χ2v) is 7.97. The summed E-state index contributed by atoms with van der Waals surface area (Å²) in [5.41, 5.74) is 14.4. The number of nitrogens with one attached hydrogen (secondary N) is 2. The third kappa shape index (κ3) is 6.76. The third-order valence-corrected chi connectivity index (χ3v) is 5.25. The molecule has 38 heavy (non-hydrogen) atoms. The number of hydrogen-bond acceptors (Lipinski definition) is 7. The van der Waals surface area contributed by atoms with Crippen molar-refractivity contribution in [3.05, 3.63) is 119 Å². The predicted molar refractivity (Wildman–Crippen MR) is 149 cm³/mol. The molecule has 0 heterocycles. The highest BCUT2D eigenvalue weighted by molar-refractivity contribution is 5.99. The summed E-state index contributed by atoms with van der Waals surface area (Å²) in [6, 6.07) is 27.8. The van der Waals surface area contributed by atoms with E-state index in [-0.39, 0.29) is 23.2 Å². The van der Waals surface area contributed by atoms with Gasteiger partial charge in [-0.1, -0.05) is 36.4 Å². The maximum Gasteiger partial charge on any atom is 0.519 e. The summed E-state index contributed by atoms with van der Waals surface area (Å²) in [6.45, 7) is 0. The summed E-state index contributed by atoms with van der Waals surface area (Å²) in [4.78, 5) is 21.6. The SMILES string of the molecule is N=C(N)c1ccc(OC(=O)Oc2ccc(C(=N)N)cc2C=Nc2ccccc2)c(C=Nc2ccccc2)c1. The van der Waals surface area contributed by atoms with Crippen LogP contribution in [0.5, 0.6) is 11.5 Å². The quantitative estimate of drug-likeness (QED) is 0.110. The Morgan fingerprint density at radius 2 is 1.03 bits per heavy atom. The molecule has 9 nitrogen and oxygen atoms in total. The standard InChI is InChI=1S/C29H24N6O3/c30-27(31)19-11-13-25(21(15-19)17-34-23-7-3-1-4-8-23)37-29(36)38-26-14-12-20(28(32)33)16-22(26)18-35-24-9-5-2-6-10-24/h1-18H,(H3,30,31)(H3,32,33). The number of rotatable bonds is 8. The van der Waals surface area contributed by atoms with Crippen molar-refractivity contribution in [2.75, 3.05) is 0 Å². The molecule has 188 valence electrons. The van der Waals surface area contributed by atoms with Crippen LogP contribution in [0.15, 0.2) is 107 Å². The van der Waals surface area contributed by atoms with Crippen LogP contribution in [0.3, 0.4) is 0 Å². The molecule has 6 N–H and O–H groups in total. The minimum atomic E-state index is -1.00. The lowest BCUT2D eigenvalue weighted by atomic mass is 10.1. The zero-order chi connectivity index (χ0) is 26.9. The Kier molecular flexibility index (Phi) is 8.00. The van der Waals surface area contributed by atoms with Crippen LogP contribution in [0.25, 0.3) is 0 Å². The lowest BCUT2D eigenvalue weighted by Crippen LogP contribution is -2.17. The van der Waals surface area contributed by atoms with Crippen LogP contribution in [-0.4, -0.2) is 30.3 Å². The Labute approximate surface area is 219 Å². The lowest BCUT2D eigenvalue weighted by molar-refractivity contribution is 0.151. The van der Waals surface area contributed by atoms with Gasteiger partial charge in [0.1, 0.15) is 23.2 Å². The molecule has 4 rings (SSSR count). The van der Waals surface area contributed by atoms with Crippen molar-refractivity contribution >= 4 is 41.6 Å². The molecule has 0 spiro atoms.